The molecule has 0 amide bonds. The van der Waals surface area contributed by atoms with E-state index in [1.807, 2.05) is 23.0 Å². The van der Waals surface area contributed by atoms with E-state index in [0.717, 1.165) is 45.0 Å². The standard InChI is InChI=1S/C18H25N3O2/c1-15-11-19-21(12-15)14-18-13-20(9-10-23-18)8-7-16-3-5-17(22-2)6-4-16/h3-6,11-12,18H,7-10,13-14H2,1-2H3/t18-/m0/s1. The van der Waals surface area contributed by atoms with E-state index < -0.39 is 0 Å². The lowest BCUT2D eigenvalue weighted by atomic mass is 10.1. The van der Waals surface area contributed by atoms with Crippen LogP contribution in [0, 0.1) is 6.92 Å². The summed E-state index contributed by atoms with van der Waals surface area (Å²) in [6.45, 7) is 6.72. The molecule has 5 nitrogen and oxygen atoms in total. The highest BCUT2D eigenvalue weighted by Gasteiger charge is 2.20. The number of hydrogen-bond donors (Lipinski definition) is 0. The van der Waals surface area contributed by atoms with Crippen LogP contribution in [0.5, 0.6) is 5.75 Å². The number of benzene rings is 1. The Balaban J connectivity index is 1.48. The van der Waals surface area contributed by atoms with Crippen LogP contribution in [-0.4, -0.2) is 54.1 Å². The van der Waals surface area contributed by atoms with Crippen LogP contribution < -0.4 is 4.74 Å². The average Bonchev–Trinajstić information content (AvgIpc) is 2.99. The molecule has 1 aromatic carbocycles. The number of methoxy groups -OCH3 is 1. The van der Waals surface area contributed by atoms with Crippen LogP contribution in [-0.2, 0) is 17.7 Å². The molecule has 0 unspecified atom stereocenters. The molecule has 23 heavy (non-hydrogen) atoms. The molecule has 1 aliphatic heterocycles. The summed E-state index contributed by atoms with van der Waals surface area (Å²) in [7, 11) is 1.70. The molecular formula is C18H25N3O2. The second-order valence-corrected chi connectivity index (χ2v) is 6.13. The lowest BCUT2D eigenvalue weighted by Crippen LogP contribution is -2.44. The van der Waals surface area contributed by atoms with Crippen molar-refractivity contribution in [3.63, 3.8) is 0 Å². The number of rotatable bonds is 6. The molecule has 0 N–H and O–H groups in total. The maximum Gasteiger partial charge on any atom is 0.118 e. The van der Waals surface area contributed by atoms with E-state index in [9.17, 15) is 0 Å². The fourth-order valence-electron chi connectivity index (χ4n) is 2.95. The van der Waals surface area contributed by atoms with Gasteiger partial charge < -0.3 is 9.47 Å². The van der Waals surface area contributed by atoms with Crippen LogP contribution in [0.4, 0.5) is 0 Å². The summed E-state index contributed by atoms with van der Waals surface area (Å²) in [6.07, 6.45) is 5.24. The second-order valence-electron chi connectivity index (χ2n) is 6.13. The van der Waals surface area contributed by atoms with Gasteiger partial charge in [-0.05, 0) is 36.6 Å². The van der Waals surface area contributed by atoms with Gasteiger partial charge in [-0.25, -0.2) is 0 Å². The van der Waals surface area contributed by atoms with Gasteiger partial charge in [0.15, 0.2) is 0 Å². The molecule has 1 aromatic heterocycles. The smallest absolute Gasteiger partial charge is 0.118 e. The van der Waals surface area contributed by atoms with Crippen molar-refractivity contribution in [2.75, 3.05) is 33.4 Å². The van der Waals surface area contributed by atoms with Crippen LogP contribution in [0.1, 0.15) is 11.1 Å². The van der Waals surface area contributed by atoms with Crippen LogP contribution in [0.15, 0.2) is 36.7 Å². The number of morpholine rings is 1. The molecule has 0 radical (unpaired) electrons. The Morgan fingerprint density at radius 1 is 1.30 bits per heavy atom. The van der Waals surface area contributed by atoms with Crippen molar-refractivity contribution in [2.45, 2.75) is 26.0 Å². The maximum atomic E-state index is 5.88. The normalized spacial score (nSPS) is 19.0. The van der Waals surface area contributed by atoms with Crippen LogP contribution in [0.3, 0.4) is 0 Å². The highest BCUT2D eigenvalue weighted by molar-refractivity contribution is 5.27. The second kappa shape index (κ2) is 7.62. The quantitative estimate of drug-likeness (QED) is 0.819. The third-order valence-corrected chi connectivity index (χ3v) is 4.25. The van der Waals surface area contributed by atoms with E-state index in [1.54, 1.807) is 7.11 Å². The van der Waals surface area contributed by atoms with Crippen molar-refractivity contribution in [3.05, 3.63) is 47.8 Å². The molecule has 1 atom stereocenters. The number of aromatic nitrogens is 2. The lowest BCUT2D eigenvalue weighted by Gasteiger charge is -2.32. The van der Waals surface area contributed by atoms with E-state index in [2.05, 4.69) is 35.3 Å². The highest BCUT2D eigenvalue weighted by atomic mass is 16.5. The minimum absolute atomic E-state index is 0.221. The topological polar surface area (TPSA) is 39.5 Å². The van der Waals surface area contributed by atoms with Gasteiger partial charge in [0.05, 0.1) is 32.6 Å². The van der Waals surface area contributed by atoms with Gasteiger partial charge in [0.25, 0.3) is 0 Å². The number of aryl methyl sites for hydroxylation is 1. The molecule has 1 saturated heterocycles. The molecule has 0 saturated carbocycles. The van der Waals surface area contributed by atoms with Gasteiger partial charge in [-0.15, -0.1) is 0 Å². The Morgan fingerprint density at radius 3 is 2.83 bits per heavy atom. The Kier molecular flexibility index (Phi) is 5.31. The lowest BCUT2D eigenvalue weighted by molar-refractivity contribution is -0.0370. The first-order valence-corrected chi connectivity index (χ1v) is 8.19. The summed E-state index contributed by atoms with van der Waals surface area (Å²) in [5.74, 6) is 0.912. The van der Waals surface area contributed by atoms with E-state index in [0.29, 0.717) is 0 Å². The summed E-state index contributed by atoms with van der Waals surface area (Å²) < 4.78 is 13.1. The van der Waals surface area contributed by atoms with Gasteiger partial charge in [0, 0.05) is 25.8 Å². The van der Waals surface area contributed by atoms with E-state index in [1.165, 1.54) is 11.1 Å². The zero-order valence-corrected chi connectivity index (χ0v) is 13.9. The van der Waals surface area contributed by atoms with Crippen molar-refractivity contribution in [1.82, 2.24) is 14.7 Å². The Bertz CT molecular complexity index is 609. The average molecular weight is 315 g/mol. The van der Waals surface area contributed by atoms with Gasteiger partial charge in [0.1, 0.15) is 5.75 Å². The first kappa shape index (κ1) is 16.0. The van der Waals surface area contributed by atoms with E-state index >= 15 is 0 Å². The summed E-state index contributed by atoms with van der Waals surface area (Å²) >= 11 is 0. The van der Waals surface area contributed by atoms with Crippen molar-refractivity contribution < 1.29 is 9.47 Å². The van der Waals surface area contributed by atoms with Gasteiger partial charge >= 0.3 is 0 Å². The predicted octanol–water partition coefficient (Wildman–Crippen LogP) is 2.14. The van der Waals surface area contributed by atoms with Crippen LogP contribution in [0.25, 0.3) is 0 Å². The molecular weight excluding hydrogens is 290 g/mol. The first-order chi connectivity index (χ1) is 11.2. The van der Waals surface area contributed by atoms with Crippen LogP contribution in [0.2, 0.25) is 0 Å². The molecule has 3 rings (SSSR count). The largest absolute Gasteiger partial charge is 0.497 e. The number of nitrogens with zero attached hydrogens (tertiary/aromatic N) is 3. The Morgan fingerprint density at radius 2 is 2.13 bits per heavy atom. The van der Waals surface area contributed by atoms with Crippen LogP contribution >= 0.6 is 0 Å². The molecule has 2 heterocycles. The summed E-state index contributed by atoms with van der Waals surface area (Å²) in [6, 6.07) is 8.33. The van der Waals surface area contributed by atoms with E-state index in [4.69, 9.17) is 9.47 Å². The monoisotopic (exact) mass is 315 g/mol. The van der Waals surface area contributed by atoms with Gasteiger partial charge in [-0.3, -0.25) is 9.58 Å². The predicted molar refractivity (Wildman–Crippen MR) is 89.8 cm³/mol. The zero-order chi connectivity index (χ0) is 16.1. The molecule has 1 fully saturated rings. The van der Waals surface area contributed by atoms with Gasteiger partial charge in [-0.2, -0.15) is 5.10 Å². The van der Waals surface area contributed by atoms with Gasteiger partial charge in [-0.1, -0.05) is 12.1 Å². The minimum Gasteiger partial charge on any atom is -0.497 e. The fourth-order valence-corrected chi connectivity index (χ4v) is 2.95. The van der Waals surface area contributed by atoms with Crippen molar-refractivity contribution in [3.8, 4) is 5.75 Å². The van der Waals surface area contributed by atoms with Crippen molar-refractivity contribution in [2.24, 2.45) is 0 Å². The van der Waals surface area contributed by atoms with Crippen molar-refractivity contribution >= 4 is 0 Å². The summed E-state index contributed by atoms with van der Waals surface area (Å²) in [5, 5.41) is 4.35. The van der Waals surface area contributed by atoms with E-state index in [-0.39, 0.29) is 6.10 Å². The maximum absolute atomic E-state index is 5.88. The molecule has 0 aliphatic carbocycles. The molecule has 0 spiro atoms. The van der Waals surface area contributed by atoms with Crippen molar-refractivity contribution in [1.29, 1.82) is 0 Å². The van der Waals surface area contributed by atoms with Gasteiger partial charge in [0.2, 0.25) is 0 Å². The molecule has 2 aromatic rings. The SMILES string of the molecule is COc1ccc(CCN2CCO[C@H](Cn3cc(C)cn3)C2)cc1. The molecule has 5 heteroatoms. The molecule has 124 valence electrons. The first-order valence-electron chi connectivity index (χ1n) is 8.19. The third-order valence-electron chi connectivity index (χ3n) is 4.25. The number of hydrogen-bond acceptors (Lipinski definition) is 4. The Labute approximate surface area is 137 Å². The summed E-state index contributed by atoms with van der Waals surface area (Å²) in [5.41, 5.74) is 2.54. The fraction of sp³-hybridized carbons (Fsp3) is 0.500. The number of ether oxygens (including phenoxy) is 2. The Hall–Kier alpha value is -1.85. The summed E-state index contributed by atoms with van der Waals surface area (Å²) in [4.78, 5) is 2.48. The zero-order valence-electron chi connectivity index (χ0n) is 13.9. The molecule has 1 aliphatic rings. The highest BCUT2D eigenvalue weighted by Crippen LogP contribution is 2.13. The minimum atomic E-state index is 0.221. The third kappa shape index (κ3) is 4.56. The molecule has 0 bridgehead atoms.